The van der Waals surface area contributed by atoms with Crippen LogP contribution in [0.1, 0.15) is 64.2 Å². The average Bonchev–Trinajstić information content (AvgIpc) is 3.27. The molecular weight excluding hydrogens is 352 g/mol. The summed E-state index contributed by atoms with van der Waals surface area (Å²) in [5.41, 5.74) is 0. The molecule has 3 heteroatoms. The second kappa shape index (κ2) is 10.9. The fourth-order valence-corrected chi connectivity index (χ4v) is 6.21. The van der Waals surface area contributed by atoms with Gasteiger partial charge in [-0.05, 0) is 92.9 Å². The van der Waals surface area contributed by atoms with Crippen LogP contribution in [0.3, 0.4) is 0 Å². The van der Waals surface area contributed by atoms with Crippen molar-refractivity contribution < 1.29 is 9.90 Å². The van der Waals surface area contributed by atoms with Gasteiger partial charge < -0.3 is 5.11 Å². The number of unbranched alkanes of at least 4 members (excludes halogenated alkanes) is 2. The maximum atomic E-state index is 10.6. The number of carboxylic acid groups (broad SMARTS) is 1. The van der Waals surface area contributed by atoms with Crippen LogP contribution in [0.25, 0.3) is 0 Å². The van der Waals surface area contributed by atoms with Crippen LogP contribution in [0.5, 0.6) is 0 Å². The van der Waals surface area contributed by atoms with Crippen LogP contribution < -0.4 is 0 Å². The number of aliphatic carboxylic acids is 1. The summed E-state index contributed by atoms with van der Waals surface area (Å²) in [6, 6.07) is 10.7. The Morgan fingerprint density at radius 3 is 2.59 bits per heavy atom. The van der Waals surface area contributed by atoms with Crippen LogP contribution in [0.2, 0.25) is 0 Å². The molecule has 2 saturated carbocycles. The van der Waals surface area contributed by atoms with Gasteiger partial charge >= 0.3 is 5.97 Å². The molecule has 0 saturated heterocycles. The molecule has 2 fully saturated rings. The lowest BCUT2D eigenvalue weighted by molar-refractivity contribution is -0.137. The molecule has 2 nitrogen and oxygen atoms in total. The molecule has 2 aliphatic carbocycles. The molecule has 4 atom stereocenters. The third kappa shape index (κ3) is 6.41. The zero-order chi connectivity index (χ0) is 18.9. The van der Waals surface area contributed by atoms with Gasteiger partial charge in [0.2, 0.25) is 0 Å². The standard InChI is InChI=1S/C24H34O2S/c25-24(26)14-7-2-1-6-12-22-19-15-16-20(18-19)23(22)13-8-9-17-27-21-10-4-3-5-11-21/h1,3-6,10-11,19-20,22-23H,2,7-9,12-18H2,(H,25,26)/b6-1-/t19-,20+,22-,23+/m0/s1. The van der Waals surface area contributed by atoms with Crippen molar-refractivity contribution in [3.63, 3.8) is 0 Å². The second-order valence-electron chi connectivity index (χ2n) is 8.31. The number of carboxylic acids is 1. The number of hydrogen-bond acceptors (Lipinski definition) is 2. The Bertz CT molecular complexity index is 598. The first-order valence-electron chi connectivity index (χ1n) is 10.8. The Hall–Kier alpha value is -1.22. The van der Waals surface area contributed by atoms with Crippen molar-refractivity contribution in [1.82, 2.24) is 0 Å². The molecule has 0 aromatic heterocycles. The van der Waals surface area contributed by atoms with Gasteiger partial charge in [-0.15, -0.1) is 11.8 Å². The number of fused-ring (bicyclic) bond motifs is 2. The number of allylic oxidation sites excluding steroid dienone is 2. The summed E-state index contributed by atoms with van der Waals surface area (Å²) >= 11 is 1.99. The molecule has 0 heterocycles. The highest BCUT2D eigenvalue weighted by Crippen LogP contribution is 2.55. The van der Waals surface area contributed by atoms with E-state index in [0.717, 1.165) is 36.5 Å². The Balaban J connectivity index is 1.35. The molecule has 2 aliphatic rings. The van der Waals surface area contributed by atoms with E-state index in [1.54, 1.807) is 0 Å². The lowest BCUT2D eigenvalue weighted by Gasteiger charge is -2.30. The summed E-state index contributed by atoms with van der Waals surface area (Å²) in [5, 5.41) is 8.71. The van der Waals surface area contributed by atoms with Gasteiger partial charge in [0.15, 0.2) is 0 Å². The molecule has 27 heavy (non-hydrogen) atoms. The van der Waals surface area contributed by atoms with Crippen molar-refractivity contribution in [1.29, 1.82) is 0 Å². The van der Waals surface area contributed by atoms with E-state index < -0.39 is 5.97 Å². The SMILES string of the molecule is O=C(O)CCC/C=C\C[C@H]1[C@H]2CC[C@H](C2)[C@H]1CCCCSc1ccccc1. The Morgan fingerprint density at radius 1 is 1.04 bits per heavy atom. The van der Waals surface area contributed by atoms with E-state index in [4.69, 9.17) is 5.11 Å². The summed E-state index contributed by atoms with van der Waals surface area (Å²) in [4.78, 5) is 12.0. The van der Waals surface area contributed by atoms with E-state index in [2.05, 4.69) is 42.5 Å². The molecular formula is C24H34O2S. The molecule has 0 aliphatic heterocycles. The van der Waals surface area contributed by atoms with Crippen LogP contribution in [0.4, 0.5) is 0 Å². The second-order valence-corrected chi connectivity index (χ2v) is 9.48. The summed E-state index contributed by atoms with van der Waals surface area (Å²) < 4.78 is 0. The highest BCUT2D eigenvalue weighted by molar-refractivity contribution is 7.99. The highest BCUT2D eigenvalue weighted by Gasteiger charge is 2.45. The first kappa shape index (κ1) is 20.5. The number of benzene rings is 1. The van der Waals surface area contributed by atoms with Gasteiger partial charge in [-0.3, -0.25) is 4.79 Å². The zero-order valence-corrected chi connectivity index (χ0v) is 17.2. The molecule has 0 unspecified atom stereocenters. The summed E-state index contributed by atoms with van der Waals surface area (Å²) in [7, 11) is 0. The smallest absolute Gasteiger partial charge is 0.303 e. The van der Waals surface area contributed by atoms with Crippen molar-refractivity contribution in [2.45, 2.75) is 69.1 Å². The molecule has 0 spiro atoms. The van der Waals surface area contributed by atoms with Gasteiger partial charge in [-0.1, -0.05) is 36.8 Å². The van der Waals surface area contributed by atoms with Crippen molar-refractivity contribution in [3.05, 3.63) is 42.5 Å². The first-order valence-corrected chi connectivity index (χ1v) is 11.8. The Morgan fingerprint density at radius 2 is 1.81 bits per heavy atom. The minimum atomic E-state index is -0.679. The van der Waals surface area contributed by atoms with E-state index >= 15 is 0 Å². The molecule has 148 valence electrons. The molecule has 0 amide bonds. The van der Waals surface area contributed by atoms with Crippen molar-refractivity contribution in [3.8, 4) is 0 Å². The molecule has 2 bridgehead atoms. The van der Waals surface area contributed by atoms with E-state index in [1.165, 1.54) is 55.6 Å². The summed E-state index contributed by atoms with van der Waals surface area (Å²) in [6.45, 7) is 0. The van der Waals surface area contributed by atoms with Gasteiger partial charge in [-0.25, -0.2) is 0 Å². The highest BCUT2D eigenvalue weighted by atomic mass is 32.2. The van der Waals surface area contributed by atoms with Crippen LogP contribution in [-0.2, 0) is 4.79 Å². The van der Waals surface area contributed by atoms with E-state index in [9.17, 15) is 4.79 Å². The lowest BCUT2D eigenvalue weighted by Crippen LogP contribution is -2.22. The van der Waals surface area contributed by atoms with Gasteiger partial charge in [0.25, 0.3) is 0 Å². The molecule has 1 aromatic carbocycles. The summed E-state index contributed by atoms with van der Waals surface area (Å²) in [6.07, 6.45) is 16.3. The van der Waals surface area contributed by atoms with Gasteiger partial charge in [0, 0.05) is 11.3 Å². The predicted molar refractivity (Wildman–Crippen MR) is 114 cm³/mol. The fourth-order valence-electron chi connectivity index (χ4n) is 5.28. The minimum Gasteiger partial charge on any atom is -0.481 e. The monoisotopic (exact) mass is 386 g/mol. The average molecular weight is 387 g/mol. The largest absolute Gasteiger partial charge is 0.481 e. The first-order chi connectivity index (χ1) is 13.2. The Labute approximate surface area is 168 Å². The zero-order valence-electron chi connectivity index (χ0n) is 16.4. The normalized spacial score (nSPS) is 26.8. The lowest BCUT2D eigenvalue weighted by atomic mass is 9.75. The molecule has 1 N–H and O–H groups in total. The Kier molecular flexibility index (Phi) is 8.32. The quantitative estimate of drug-likeness (QED) is 0.243. The van der Waals surface area contributed by atoms with E-state index in [1.807, 2.05) is 11.8 Å². The minimum absolute atomic E-state index is 0.294. The van der Waals surface area contributed by atoms with Gasteiger partial charge in [-0.2, -0.15) is 0 Å². The van der Waals surface area contributed by atoms with Crippen molar-refractivity contribution >= 4 is 17.7 Å². The maximum absolute atomic E-state index is 10.6. The number of carbonyl (C=O) groups is 1. The summed E-state index contributed by atoms with van der Waals surface area (Å²) in [5.74, 6) is 4.33. The molecule has 3 rings (SSSR count). The third-order valence-corrected chi connectivity index (χ3v) is 7.65. The van der Waals surface area contributed by atoms with Crippen molar-refractivity contribution in [2.24, 2.45) is 23.7 Å². The number of thioether (sulfide) groups is 1. The van der Waals surface area contributed by atoms with Crippen LogP contribution in [0, 0.1) is 23.7 Å². The van der Waals surface area contributed by atoms with Crippen molar-refractivity contribution in [2.75, 3.05) is 5.75 Å². The fraction of sp³-hybridized carbons (Fsp3) is 0.625. The molecule has 0 radical (unpaired) electrons. The van der Waals surface area contributed by atoms with Crippen LogP contribution >= 0.6 is 11.8 Å². The number of rotatable bonds is 12. The van der Waals surface area contributed by atoms with E-state index in [0.29, 0.717) is 6.42 Å². The maximum Gasteiger partial charge on any atom is 0.303 e. The van der Waals surface area contributed by atoms with E-state index in [-0.39, 0.29) is 0 Å². The number of hydrogen-bond donors (Lipinski definition) is 1. The molecule has 1 aromatic rings. The van der Waals surface area contributed by atoms with Crippen LogP contribution in [-0.4, -0.2) is 16.8 Å². The topological polar surface area (TPSA) is 37.3 Å². The third-order valence-electron chi connectivity index (χ3n) is 6.55. The van der Waals surface area contributed by atoms with Crippen LogP contribution in [0.15, 0.2) is 47.4 Å². The van der Waals surface area contributed by atoms with Gasteiger partial charge in [0.1, 0.15) is 0 Å². The predicted octanol–water partition coefficient (Wildman–Crippen LogP) is 6.81. The van der Waals surface area contributed by atoms with Gasteiger partial charge in [0.05, 0.1) is 0 Å².